The molecule has 0 aliphatic rings. The average molecular weight is 664 g/mol. The summed E-state index contributed by atoms with van der Waals surface area (Å²) >= 11 is 0. The largest absolute Gasteiger partial charge is 0.455 e. The molecule has 10 aromatic rings. The third-order valence-corrected chi connectivity index (χ3v) is 10.2. The maximum atomic E-state index is 6.81. The van der Waals surface area contributed by atoms with Gasteiger partial charge in [0.2, 0.25) is 0 Å². The van der Waals surface area contributed by atoms with Gasteiger partial charge in [0.25, 0.3) is 0 Å². The summed E-state index contributed by atoms with van der Waals surface area (Å²) in [5, 5.41) is 6.87. The number of anilines is 3. The first-order chi connectivity index (χ1) is 25.8. The molecule has 9 aromatic carbocycles. The maximum absolute atomic E-state index is 6.81. The number of nitrogens with zero attached hydrogens (tertiary/aromatic N) is 1. The van der Waals surface area contributed by atoms with Gasteiger partial charge < -0.3 is 9.32 Å². The van der Waals surface area contributed by atoms with Gasteiger partial charge in [-0.1, -0.05) is 164 Å². The summed E-state index contributed by atoms with van der Waals surface area (Å²) in [6.07, 6.45) is 0. The number of rotatable bonds is 6. The summed E-state index contributed by atoms with van der Waals surface area (Å²) in [5.41, 5.74) is 12.1. The Morgan fingerprint density at radius 3 is 1.71 bits per heavy atom. The first-order valence-electron chi connectivity index (χ1n) is 17.8. The average Bonchev–Trinajstić information content (AvgIpc) is 3.61. The fraction of sp³-hybridized carbons (Fsp3) is 0. The van der Waals surface area contributed by atoms with Crippen LogP contribution in [0.2, 0.25) is 0 Å². The molecule has 52 heavy (non-hydrogen) atoms. The second kappa shape index (κ2) is 12.5. The lowest BCUT2D eigenvalue weighted by Gasteiger charge is -2.28. The summed E-state index contributed by atoms with van der Waals surface area (Å²) in [7, 11) is 0. The van der Waals surface area contributed by atoms with Crippen LogP contribution < -0.4 is 4.90 Å². The maximum Gasteiger partial charge on any atom is 0.143 e. The molecule has 2 nitrogen and oxygen atoms in total. The molecule has 0 aliphatic heterocycles. The number of hydrogen-bond donors (Lipinski definition) is 0. The molecule has 0 saturated carbocycles. The van der Waals surface area contributed by atoms with Crippen molar-refractivity contribution in [3.63, 3.8) is 0 Å². The van der Waals surface area contributed by atoms with Gasteiger partial charge in [-0.3, -0.25) is 0 Å². The van der Waals surface area contributed by atoms with Crippen LogP contribution in [0.5, 0.6) is 0 Å². The third-order valence-electron chi connectivity index (χ3n) is 10.2. The van der Waals surface area contributed by atoms with Crippen molar-refractivity contribution in [3.05, 3.63) is 200 Å². The minimum absolute atomic E-state index is 0.882. The van der Waals surface area contributed by atoms with Gasteiger partial charge >= 0.3 is 0 Å². The van der Waals surface area contributed by atoms with E-state index < -0.39 is 0 Å². The smallest absolute Gasteiger partial charge is 0.143 e. The van der Waals surface area contributed by atoms with Gasteiger partial charge in [0, 0.05) is 32.9 Å². The number of benzene rings is 9. The topological polar surface area (TPSA) is 16.4 Å². The molecule has 10 rings (SSSR count). The second-order valence-electron chi connectivity index (χ2n) is 13.3. The highest BCUT2D eigenvalue weighted by atomic mass is 16.3. The van der Waals surface area contributed by atoms with Gasteiger partial charge in [0.1, 0.15) is 11.2 Å². The van der Waals surface area contributed by atoms with E-state index in [0.717, 1.165) is 49.8 Å². The zero-order valence-electron chi connectivity index (χ0n) is 28.4. The van der Waals surface area contributed by atoms with Crippen LogP contribution in [0.4, 0.5) is 17.1 Å². The lowest BCUT2D eigenvalue weighted by Crippen LogP contribution is -2.10. The minimum Gasteiger partial charge on any atom is -0.455 e. The first kappa shape index (κ1) is 30.0. The standard InChI is InChI=1S/C50H33NO/c1-3-14-34(15-4-1)36-28-30-39(31-29-36)51(40-21-11-20-38(32-40)35-16-5-2-6-17-35)47-33-46-49-44(42-25-12-19-37-18-7-8-22-41(37)42)26-13-27-48(49)52-50(46)45-24-10-9-23-43(45)47/h1-33H. The van der Waals surface area contributed by atoms with E-state index in [1.54, 1.807) is 0 Å². The van der Waals surface area contributed by atoms with Crippen molar-refractivity contribution < 1.29 is 4.42 Å². The van der Waals surface area contributed by atoms with Crippen LogP contribution in [0.25, 0.3) is 76.9 Å². The molecule has 0 aliphatic carbocycles. The molecule has 0 amide bonds. The highest BCUT2D eigenvalue weighted by Crippen LogP contribution is 2.47. The zero-order valence-corrected chi connectivity index (χ0v) is 28.4. The Labute approximate surface area is 302 Å². The van der Waals surface area contributed by atoms with Crippen molar-refractivity contribution in [1.29, 1.82) is 0 Å². The van der Waals surface area contributed by atoms with Crippen LogP contribution in [-0.4, -0.2) is 0 Å². The summed E-state index contributed by atoms with van der Waals surface area (Å²) in [6, 6.07) is 71.6. The van der Waals surface area contributed by atoms with Crippen LogP contribution in [0, 0.1) is 0 Å². The molecule has 0 spiro atoms. The van der Waals surface area contributed by atoms with Gasteiger partial charge in [0.05, 0.1) is 5.69 Å². The Hall–Kier alpha value is -6.90. The van der Waals surface area contributed by atoms with E-state index in [0.29, 0.717) is 0 Å². The van der Waals surface area contributed by atoms with E-state index in [4.69, 9.17) is 4.42 Å². The molecule has 1 heterocycles. The Balaban J connectivity index is 1.26. The Bertz CT molecular complexity index is 2880. The summed E-state index contributed by atoms with van der Waals surface area (Å²) in [5.74, 6) is 0. The lowest BCUT2D eigenvalue weighted by atomic mass is 9.93. The highest BCUT2D eigenvalue weighted by molar-refractivity contribution is 6.23. The Kier molecular flexibility index (Phi) is 7.18. The molecular weight excluding hydrogens is 631 g/mol. The highest BCUT2D eigenvalue weighted by Gasteiger charge is 2.22. The Morgan fingerprint density at radius 1 is 0.346 bits per heavy atom. The van der Waals surface area contributed by atoms with Crippen LogP contribution >= 0.6 is 0 Å². The van der Waals surface area contributed by atoms with Gasteiger partial charge in [-0.2, -0.15) is 0 Å². The van der Waals surface area contributed by atoms with Gasteiger partial charge in [-0.15, -0.1) is 0 Å². The van der Waals surface area contributed by atoms with Crippen molar-refractivity contribution >= 4 is 60.5 Å². The monoisotopic (exact) mass is 663 g/mol. The molecule has 244 valence electrons. The third kappa shape index (κ3) is 5.04. The summed E-state index contributed by atoms with van der Waals surface area (Å²) < 4.78 is 6.81. The molecular formula is C50H33NO. The normalized spacial score (nSPS) is 11.5. The van der Waals surface area contributed by atoms with Crippen LogP contribution in [0.15, 0.2) is 205 Å². The number of fused-ring (bicyclic) bond motifs is 6. The van der Waals surface area contributed by atoms with E-state index in [-0.39, 0.29) is 0 Å². The number of hydrogen-bond acceptors (Lipinski definition) is 2. The zero-order chi connectivity index (χ0) is 34.4. The summed E-state index contributed by atoms with van der Waals surface area (Å²) in [6.45, 7) is 0. The Morgan fingerprint density at radius 2 is 0.923 bits per heavy atom. The molecule has 0 fully saturated rings. The first-order valence-corrected chi connectivity index (χ1v) is 17.8. The molecule has 0 saturated heterocycles. The van der Waals surface area contributed by atoms with Crippen LogP contribution in [0.1, 0.15) is 0 Å². The van der Waals surface area contributed by atoms with E-state index in [1.165, 1.54) is 44.2 Å². The van der Waals surface area contributed by atoms with Crippen molar-refractivity contribution in [1.82, 2.24) is 0 Å². The van der Waals surface area contributed by atoms with E-state index in [1.807, 2.05) is 0 Å². The van der Waals surface area contributed by atoms with Crippen LogP contribution in [-0.2, 0) is 0 Å². The van der Waals surface area contributed by atoms with Crippen molar-refractivity contribution in [2.24, 2.45) is 0 Å². The van der Waals surface area contributed by atoms with Crippen molar-refractivity contribution in [2.75, 3.05) is 4.90 Å². The SMILES string of the molecule is c1ccc(-c2ccc(N(c3cccc(-c4ccccc4)c3)c3cc4c(oc5cccc(-c6cccc7ccccc67)c54)c4ccccc34)cc2)cc1. The predicted octanol–water partition coefficient (Wildman–Crippen LogP) is 14.4. The summed E-state index contributed by atoms with van der Waals surface area (Å²) in [4.78, 5) is 2.41. The molecule has 2 heteroatoms. The molecule has 0 atom stereocenters. The van der Waals surface area contributed by atoms with Gasteiger partial charge in [0.15, 0.2) is 0 Å². The lowest BCUT2D eigenvalue weighted by molar-refractivity contribution is 0.673. The van der Waals surface area contributed by atoms with Crippen LogP contribution in [0.3, 0.4) is 0 Å². The van der Waals surface area contributed by atoms with Gasteiger partial charge in [-0.05, 0) is 80.6 Å². The van der Waals surface area contributed by atoms with Crippen molar-refractivity contribution in [3.8, 4) is 33.4 Å². The quantitative estimate of drug-likeness (QED) is 0.176. The molecule has 0 bridgehead atoms. The molecule has 0 unspecified atom stereocenters. The van der Waals surface area contributed by atoms with Crippen molar-refractivity contribution in [2.45, 2.75) is 0 Å². The van der Waals surface area contributed by atoms with E-state index in [2.05, 4.69) is 205 Å². The number of furan rings is 1. The van der Waals surface area contributed by atoms with Gasteiger partial charge in [-0.25, -0.2) is 0 Å². The fourth-order valence-electron chi connectivity index (χ4n) is 7.81. The minimum atomic E-state index is 0.882. The fourth-order valence-corrected chi connectivity index (χ4v) is 7.81. The van der Waals surface area contributed by atoms with E-state index in [9.17, 15) is 0 Å². The predicted molar refractivity (Wildman–Crippen MR) is 220 cm³/mol. The molecule has 1 aromatic heterocycles. The second-order valence-corrected chi connectivity index (χ2v) is 13.3. The van der Waals surface area contributed by atoms with E-state index >= 15 is 0 Å². The molecule has 0 N–H and O–H groups in total. The molecule has 0 radical (unpaired) electrons.